The van der Waals surface area contributed by atoms with Crippen LogP contribution < -0.4 is 10.9 Å². The molecule has 2 rings (SSSR count). The highest BCUT2D eigenvalue weighted by atomic mass is 16.3. The molecular weight excluding hydrogens is 254 g/mol. The number of nitrogens with zero attached hydrogens (tertiary/aromatic N) is 2. The van der Waals surface area contributed by atoms with Gasteiger partial charge in [0, 0.05) is 25.0 Å². The fraction of sp³-hybridized carbons (Fsp3) is 0.333. The molecule has 0 saturated heterocycles. The number of hydrogen-bond acceptors (Lipinski definition) is 4. The minimum Gasteiger partial charge on any atom is -0.392 e. The smallest absolute Gasteiger partial charge is 0.293 e. The largest absolute Gasteiger partial charge is 0.392 e. The van der Waals surface area contributed by atoms with Crippen LogP contribution in [0.4, 0.5) is 5.82 Å². The fourth-order valence-electron chi connectivity index (χ4n) is 1.90. The lowest BCUT2D eigenvalue weighted by Gasteiger charge is -2.11. The van der Waals surface area contributed by atoms with Crippen LogP contribution in [0.3, 0.4) is 0 Å². The van der Waals surface area contributed by atoms with Gasteiger partial charge in [0.25, 0.3) is 5.56 Å². The van der Waals surface area contributed by atoms with Gasteiger partial charge in [-0.15, -0.1) is 0 Å². The molecule has 106 valence electrons. The zero-order chi connectivity index (χ0) is 14.5. The van der Waals surface area contributed by atoms with Gasteiger partial charge in [0.15, 0.2) is 5.82 Å². The first-order chi connectivity index (χ1) is 9.61. The quantitative estimate of drug-likeness (QED) is 0.873. The van der Waals surface area contributed by atoms with Crippen molar-refractivity contribution in [3.8, 4) is 0 Å². The van der Waals surface area contributed by atoms with Crippen LogP contribution in [0.25, 0.3) is 0 Å². The van der Waals surface area contributed by atoms with E-state index in [2.05, 4.69) is 10.3 Å². The van der Waals surface area contributed by atoms with Crippen molar-refractivity contribution in [2.45, 2.75) is 33.0 Å². The number of anilines is 1. The van der Waals surface area contributed by atoms with Gasteiger partial charge in [-0.25, -0.2) is 4.98 Å². The van der Waals surface area contributed by atoms with Crippen LogP contribution in [0.5, 0.6) is 0 Å². The third-order valence-electron chi connectivity index (χ3n) is 3.09. The number of aliphatic hydroxyl groups excluding tert-OH is 1. The zero-order valence-corrected chi connectivity index (χ0v) is 11.7. The molecule has 1 heterocycles. The molecule has 0 saturated carbocycles. The lowest BCUT2D eigenvalue weighted by molar-refractivity contribution is 0.282. The van der Waals surface area contributed by atoms with E-state index in [9.17, 15) is 4.79 Å². The Morgan fingerprint density at radius 2 is 1.90 bits per heavy atom. The van der Waals surface area contributed by atoms with Gasteiger partial charge in [-0.2, -0.15) is 0 Å². The fourth-order valence-corrected chi connectivity index (χ4v) is 1.90. The molecule has 0 fully saturated rings. The van der Waals surface area contributed by atoms with Crippen molar-refractivity contribution in [3.63, 3.8) is 0 Å². The van der Waals surface area contributed by atoms with E-state index in [0.29, 0.717) is 12.4 Å². The minimum absolute atomic E-state index is 0.0348. The van der Waals surface area contributed by atoms with Crippen LogP contribution in [-0.4, -0.2) is 14.7 Å². The molecule has 0 bridgehead atoms. The highest BCUT2D eigenvalue weighted by Crippen LogP contribution is 2.07. The molecule has 0 radical (unpaired) electrons. The predicted molar refractivity (Wildman–Crippen MR) is 78.6 cm³/mol. The van der Waals surface area contributed by atoms with E-state index in [-0.39, 0.29) is 18.2 Å². The lowest BCUT2D eigenvalue weighted by atomic mass is 10.1. The van der Waals surface area contributed by atoms with Gasteiger partial charge in [0.1, 0.15) is 0 Å². The standard InChI is InChI=1S/C15H19N3O2/c1-11(2)18-8-7-16-14(15(18)20)17-9-12-3-5-13(10-19)6-4-12/h3-8,11,19H,9-10H2,1-2H3,(H,16,17). The molecule has 1 aromatic heterocycles. The van der Waals surface area contributed by atoms with Crippen LogP contribution in [0.2, 0.25) is 0 Å². The van der Waals surface area contributed by atoms with E-state index < -0.39 is 0 Å². The summed E-state index contributed by atoms with van der Waals surface area (Å²) in [6, 6.07) is 7.67. The number of nitrogens with one attached hydrogen (secondary N) is 1. The van der Waals surface area contributed by atoms with Gasteiger partial charge in [-0.1, -0.05) is 24.3 Å². The number of aliphatic hydroxyl groups is 1. The number of rotatable bonds is 5. The normalized spacial score (nSPS) is 10.8. The van der Waals surface area contributed by atoms with E-state index in [4.69, 9.17) is 5.11 Å². The second-order valence-corrected chi connectivity index (χ2v) is 4.91. The van der Waals surface area contributed by atoms with E-state index >= 15 is 0 Å². The molecule has 5 heteroatoms. The van der Waals surface area contributed by atoms with Crippen molar-refractivity contribution in [2.24, 2.45) is 0 Å². The summed E-state index contributed by atoms with van der Waals surface area (Å²) >= 11 is 0. The summed E-state index contributed by atoms with van der Waals surface area (Å²) in [5.74, 6) is 0.354. The summed E-state index contributed by atoms with van der Waals surface area (Å²) in [7, 11) is 0. The Bertz CT molecular complexity index is 618. The zero-order valence-electron chi connectivity index (χ0n) is 11.7. The Labute approximate surface area is 117 Å². The summed E-state index contributed by atoms with van der Waals surface area (Å²) in [4.78, 5) is 16.2. The SMILES string of the molecule is CC(C)n1ccnc(NCc2ccc(CO)cc2)c1=O. The van der Waals surface area contributed by atoms with Gasteiger partial charge < -0.3 is 15.0 Å². The third kappa shape index (κ3) is 3.24. The van der Waals surface area contributed by atoms with E-state index in [1.165, 1.54) is 0 Å². The van der Waals surface area contributed by atoms with Gasteiger partial charge in [0.05, 0.1) is 6.61 Å². The second kappa shape index (κ2) is 6.34. The summed E-state index contributed by atoms with van der Waals surface area (Å²) in [5.41, 5.74) is 1.78. The third-order valence-corrected chi connectivity index (χ3v) is 3.09. The van der Waals surface area contributed by atoms with Crippen LogP contribution >= 0.6 is 0 Å². The minimum atomic E-state index is -0.116. The van der Waals surface area contributed by atoms with Crippen LogP contribution in [0.1, 0.15) is 31.0 Å². The first-order valence-corrected chi connectivity index (χ1v) is 6.61. The molecule has 0 aliphatic carbocycles. The molecule has 1 aromatic carbocycles. The number of aromatic nitrogens is 2. The molecular formula is C15H19N3O2. The predicted octanol–water partition coefficient (Wildman–Crippen LogP) is 1.93. The first kappa shape index (κ1) is 14.3. The molecule has 0 aliphatic heterocycles. The highest BCUT2D eigenvalue weighted by Gasteiger charge is 2.06. The lowest BCUT2D eigenvalue weighted by Crippen LogP contribution is -2.25. The first-order valence-electron chi connectivity index (χ1n) is 6.61. The monoisotopic (exact) mass is 273 g/mol. The maximum absolute atomic E-state index is 12.1. The van der Waals surface area contributed by atoms with Crippen molar-refractivity contribution in [1.82, 2.24) is 9.55 Å². The summed E-state index contributed by atoms with van der Waals surface area (Å²) < 4.78 is 1.64. The molecule has 2 N–H and O–H groups in total. The van der Waals surface area contributed by atoms with Gasteiger partial charge in [0.2, 0.25) is 0 Å². The van der Waals surface area contributed by atoms with Crippen LogP contribution in [0.15, 0.2) is 41.5 Å². The topological polar surface area (TPSA) is 67.2 Å². The van der Waals surface area contributed by atoms with Crippen LogP contribution in [-0.2, 0) is 13.2 Å². The average Bonchev–Trinajstić information content (AvgIpc) is 2.46. The Morgan fingerprint density at radius 3 is 2.50 bits per heavy atom. The molecule has 0 aliphatic rings. The van der Waals surface area contributed by atoms with Crippen molar-refractivity contribution in [2.75, 3.05) is 5.32 Å². The Balaban J connectivity index is 2.10. The summed E-state index contributed by atoms with van der Waals surface area (Å²) in [6.45, 7) is 4.47. The average molecular weight is 273 g/mol. The highest BCUT2D eigenvalue weighted by molar-refractivity contribution is 5.33. The molecule has 0 atom stereocenters. The molecule has 20 heavy (non-hydrogen) atoms. The molecule has 0 unspecified atom stereocenters. The Kier molecular flexibility index (Phi) is 4.53. The van der Waals surface area contributed by atoms with Crippen LogP contribution in [0, 0.1) is 0 Å². The van der Waals surface area contributed by atoms with Crippen molar-refractivity contribution in [1.29, 1.82) is 0 Å². The molecule has 0 amide bonds. The maximum Gasteiger partial charge on any atom is 0.293 e. The number of benzene rings is 1. The second-order valence-electron chi connectivity index (χ2n) is 4.91. The molecule has 0 spiro atoms. The summed E-state index contributed by atoms with van der Waals surface area (Å²) in [5, 5.41) is 12.0. The molecule has 5 nitrogen and oxygen atoms in total. The Morgan fingerprint density at radius 1 is 1.25 bits per heavy atom. The van der Waals surface area contributed by atoms with E-state index in [1.807, 2.05) is 38.1 Å². The van der Waals surface area contributed by atoms with Crippen molar-refractivity contribution < 1.29 is 5.11 Å². The Hall–Kier alpha value is -2.14. The van der Waals surface area contributed by atoms with E-state index in [0.717, 1.165) is 11.1 Å². The van der Waals surface area contributed by atoms with E-state index in [1.54, 1.807) is 17.0 Å². The maximum atomic E-state index is 12.1. The summed E-state index contributed by atoms with van der Waals surface area (Å²) in [6.07, 6.45) is 3.31. The van der Waals surface area contributed by atoms with Crippen molar-refractivity contribution >= 4 is 5.82 Å². The van der Waals surface area contributed by atoms with Crippen molar-refractivity contribution in [3.05, 3.63) is 58.1 Å². The number of hydrogen-bond donors (Lipinski definition) is 2. The van der Waals surface area contributed by atoms with Gasteiger partial charge >= 0.3 is 0 Å². The van der Waals surface area contributed by atoms with Gasteiger partial charge in [-0.05, 0) is 25.0 Å². The van der Waals surface area contributed by atoms with Gasteiger partial charge in [-0.3, -0.25) is 4.79 Å². The molecule has 2 aromatic rings.